The molecule has 0 aliphatic carbocycles. The molecular formula is C27H17FN2O5S. The Bertz CT molecular complexity index is 1670. The second-order valence-corrected chi connectivity index (χ2v) is 9.21. The van der Waals surface area contributed by atoms with Crippen LogP contribution in [-0.2, 0) is 4.79 Å². The monoisotopic (exact) mass is 500 g/mol. The van der Waals surface area contributed by atoms with Crippen molar-refractivity contribution in [1.82, 2.24) is 4.98 Å². The number of nitrogens with zero attached hydrogens (tertiary/aromatic N) is 2. The normalized spacial score (nSPS) is 15.9. The van der Waals surface area contributed by atoms with Crippen molar-refractivity contribution in [3.05, 3.63) is 101 Å². The number of anilines is 1. The van der Waals surface area contributed by atoms with Crippen molar-refractivity contribution < 1.29 is 28.2 Å². The van der Waals surface area contributed by atoms with Gasteiger partial charge < -0.3 is 14.3 Å². The van der Waals surface area contributed by atoms with E-state index in [-0.39, 0.29) is 16.5 Å². The van der Waals surface area contributed by atoms with Crippen LogP contribution >= 0.6 is 11.3 Å². The number of ketones is 1. The Kier molecular flexibility index (Phi) is 5.08. The molecule has 6 rings (SSSR count). The number of Topliss-reactive ketones (excluding diaryl/α,β-unsaturated/α-hetero) is 1. The smallest absolute Gasteiger partial charge is 0.296 e. The highest BCUT2D eigenvalue weighted by atomic mass is 32.1. The minimum atomic E-state index is -1.04. The number of halogens is 1. The third kappa shape index (κ3) is 3.44. The zero-order valence-electron chi connectivity index (χ0n) is 18.8. The minimum absolute atomic E-state index is 0.0199. The topological polar surface area (TPSA) is 92.9 Å². The fraction of sp³-hybridized carbons (Fsp3) is 0.0741. The van der Waals surface area contributed by atoms with Crippen LogP contribution in [0.3, 0.4) is 0 Å². The molecule has 7 nitrogen and oxygen atoms in total. The highest BCUT2D eigenvalue weighted by molar-refractivity contribution is 7.22. The minimum Gasteiger partial charge on any atom is -0.503 e. The van der Waals surface area contributed by atoms with Crippen molar-refractivity contribution in [2.45, 2.75) is 6.04 Å². The van der Waals surface area contributed by atoms with E-state index in [0.29, 0.717) is 27.8 Å². The van der Waals surface area contributed by atoms with Crippen molar-refractivity contribution in [1.29, 1.82) is 0 Å². The number of para-hydroxylation sites is 1. The van der Waals surface area contributed by atoms with Crippen LogP contribution in [0.2, 0.25) is 0 Å². The fourth-order valence-electron chi connectivity index (χ4n) is 4.34. The molecule has 1 atom stereocenters. The van der Waals surface area contributed by atoms with Crippen LogP contribution in [-0.4, -0.2) is 28.9 Å². The van der Waals surface area contributed by atoms with E-state index < -0.39 is 29.3 Å². The quantitative estimate of drug-likeness (QED) is 0.299. The van der Waals surface area contributed by atoms with E-state index in [0.717, 1.165) is 4.70 Å². The van der Waals surface area contributed by atoms with Crippen LogP contribution in [0, 0.1) is 5.82 Å². The largest absolute Gasteiger partial charge is 0.503 e. The summed E-state index contributed by atoms with van der Waals surface area (Å²) in [5, 5.41) is 11.9. The Morgan fingerprint density at radius 1 is 1.11 bits per heavy atom. The second-order valence-electron chi connectivity index (χ2n) is 8.20. The molecular weight excluding hydrogens is 483 g/mol. The number of aliphatic hydroxyl groups is 1. The maximum atomic E-state index is 13.8. The summed E-state index contributed by atoms with van der Waals surface area (Å²) in [5.74, 6) is -1.99. The standard InChI is InChI=1S/C27H17FN2O5S/c1-34-17-10-11-18-21(13-17)36-27(29-18)30-23(14-6-8-16(28)9-7-14)22(25(32)26(30)33)24(31)20-12-15-4-2-3-5-19(15)35-20/h2-13,23,32H,1H3. The molecule has 1 unspecified atom stereocenters. The predicted octanol–water partition coefficient (Wildman–Crippen LogP) is 5.97. The number of thiazole rings is 1. The van der Waals surface area contributed by atoms with E-state index in [1.54, 1.807) is 49.6 Å². The van der Waals surface area contributed by atoms with Gasteiger partial charge >= 0.3 is 0 Å². The molecule has 3 heterocycles. The van der Waals surface area contributed by atoms with Gasteiger partial charge in [-0.3, -0.25) is 14.5 Å². The van der Waals surface area contributed by atoms with Gasteiger partial charge in [0.15, 0.2) is 16.7 Å². The number of methoxy groups -OCH3 is 1. The van der Waals surface area contributed by atoms with Crippen LogP contribution < -0.4 is 9.64 Å². The zero-order valence-corrected chi connectivity index (χ0v) is 19.6. The summed E-state index contributed by atoms with van der Waals surface area (Å²) in [7, 11) is 1.55. The Morgan fingerprint density at radius 3 is 2.64 bits per heavy atom. The summed E-state index contributed by atoms with van der Waals surface area (Å²) in [6, 6.07) is 18.4. The lowest BCUT2D eigenvalue weighted by Gasteiger charge is -2.24. The average Bonchev–Trinajstić information content (AvgIpc) is 3.58. The van der Waals surface area contributed by atoms with E-state index >= 15 is 0 Å². The Labute approximate surface area is 207 Å². The molecule has 2 aromatic heterocycles. The maximum absolute atomic E-state index is 13.8. The first-order valence-electron chi connectivity index (χ1n) is 10.9. The molecule has 1 aliphatic rings. The van der Waals surface area contributed by atoms with Crippen LogP contribution in [0.4, 0.5) is 9.52 Å². The average molecular weight is 501 g/mol. The van der Waals surface area contributed by atoms with E-state index in [2.05, 4.69) is 4.98 Å². The molecule has 0 saturated carbocycles. The number of aliphatic hydroxyl groups excluding tert-OH is 1. The van der Waals surface area contributed by atoms with Crippen LogP contribution in [0.1, 0.15) is 22.2 Å². The van der Waals surface area contributed by atoms with Gasteiger partial charge in [0.2, 0.25) is 5.78 Å². The van der Waals surface area contributed by atoms with Gasteiger partial charge in [-0.2, -0.15) is 0 Å². The van der Waals surface area contributed by atoms with E-state index in [1.165, 1.54) is 40.5 Å². The third-order valence-corrected chi connectivity index (χ3v) is 7.10. The molecule has 9 heteroatoms. The van der Waals surface area contributed by atoms with Gasteiger partial charge in [-0.05, 0) is 48.0 Å². The summed E-state index contributed by atoms with van der Waals surface area (Å²) >= 11 is 1.21. The van der Waals surface area contributed by atoms with Gasteiger partial charge in [-0.1, -0.05) is 41.7 Å². The summed E-state index contributed by atoms with van der Waals surface area (Å²) in [6.45, 7) is 0. The number of ether oxygens (including phenoxy) is 1. The van der Waals surface area contributed by atoms with Crippen molar-refractivity contribution >= 4 is 49.3 Å². The first-order chi connectivity index (χ1) is 17.4. The zero-order chi connectivity index (χ0) is 25.0. The number of furan rings is 1. The fourth-order valence-corrected chi connectivity index (χ4v) is 5.36. The van der Waals surface area contributed by atoms with Gasteiger partial charge in [-0.25, -0.2) is 9.37 Å². The molecule has 36 heavy (non-hydrogen) atoms. The lowest BCUT2D eigenvalue weighted by Crippen LogP contribution is -2.30. The summed E-state index contributed by atoms with van der Waals surface area (Å²) in [4.78, 5) is 32.9. The summed E-state index contributed by atoms with van der Waals surface area (Å²) < 4.78 is 25.5. The summed E-state index contributed by atoms with van der Waals surface area (Å²) in [5.41, 5.74) is 1.39. The molecule has 0 fully saturated rings. The first-order valence-corrected chi connectivity index (χ1v) is 11.8. The van der Waals surface area contributed by atoms with Gasteiger partial charge in [0.25, 0.3) is 5.91 Å². The molecule has 0 spiro atoms. The SMILES string of the molecule is COc1ccc2nc(N3C(=O)C(O)=C(C(=O)c4cc5ccccc5o4)C3c3ccc(F)cc3)sc2c1. The van der Waals surface area contributed by atoms with Gasteiger partial charge in [0.05, 0.1) is 28.9 Å². The van der Waals surface area contributed by atoms with Gasteiger partial charge in [-0.15, -0.1) is 0 Å². The molecule has 1 aliphatic heterocycles. The van der Waals surface area contributed by atoms with Crippen molar-refractivity contribution in [3.63, 3.8) is 0 Å². The maximum Gasteiger partial charge on any atom is 0.296 e. The van der Waals surface area contributed by atoms with E-state index in [1.807, 2.05) is 6.07 Å². The van der Waals surface area contributed by atoms with Gasteiger partial charge in [0, 0.05) is 5.39 Å². The molecule has 1 amide bonds. The number of fused-ring (bicyclic) bond motifs is 2. The predicted molar refractivity (Wildman–Crippen MR) is 133 cm³/mol. The van der Waals surface area contributed by atoms with Crippen molar-refractivity contribution in [3.8, 4) is 5.75 Å². The number of hydrogen-bond acceptors (Lipinski definition) is 7. The lowest BCUT2D eigenvalue weighted by molar-refractivity contribution is -0.117. The number of carbonyl (C=O) groups is 2. The Balaban J connectivity index is 1.50. The first kappa shape index (κ1) is 22.0. The number of hydrogen-bond donors (Lipinski definition) is 1. The third-order valence-electron chi connectivity index (χ3n) is 6.08. The highest BCUT2D eigenvalue weighted by Crippen LogP contribution is 2.44. The van der Waals surface area contributed by atoms with Crippen molar-refractivity contribution in [2.24, 2.45) is 0 Å². The molecule has 3 aromatic carbocycles. The van der Waals surface area contributed by atoms with Crippen LogP contribution in [0.15, 0.2) is 88.5 Å². The van der Waals surface area contributed by atoms with Gasteiger partial charge in [0.1, 0.15) is 17.1 Å². The molecule has 0 saturated heterocycles. The molecule has 0 radical (unpaired) electrons. The number of benzene rings is 3. The van der Waals surface area contributed by atoms with Crippen molar-refractivity contribution in [2.75, 3.05) is 12.0 Å². The molecule has 5 aromatic rings. The molecule has 0 bridgehead atoms. The number of amides is 1. The lowest BCUT2D eigenvalue weighted by atomic mass is 9.95. The second kappa shape index (κ2) is 8.31. The summed E-state index contributed by atoms with van der Waals surface area (Å²) in [6.07, 6.45) is 0. The van der Waals surface area contributed by atoms with Crippen LogP contribution in [0.25, 0.3) is 21.2 Å². The van der Waals surface area contributed by atoms with E-state index in [4.69, 9.17) is 9.15 Å². The Morgan fingerprint density at radius 2 is 1.89 bits per heavy atom. The Hall–Kier alpha value is -4.50. The molecule has 178 valence electrons. The number of carbonyl (C=O) groups excluding carboxylic acids is 2. The highest BCUT2D eigenvalue weighted by Gasteiger charge is 2.46. The number of rotatable bonds is 5. The van der Waals surface area contributed by atoms with Crippen LogP contribution in [0.5, 0.6) is 5.75 Å². The number of aromatic nitrogens is 1. The molecule has 1 N–H and O–H groups in total. The van der Waals surface area contributed by atoms with E-state index in [9.17, 15) is 19.1 Å².